The fourth-order valence-corrected chi connectivity index (χ4v) is 1.15. The van der Waals surface area contributed by atoms with Gasteiger partial charge in [0.15, 0.2) is 0 Å². The molecular formula is C9H9NO2S. The molecule has 0 aliphatic heterocycles. The van der Waals surface area contributed by atoms with Gasteiger partial charge in [0.25, 0.3) is 0 Å². The second-order valence-electron chi connectivity index (χ2n) is 2.19. The van der Waals surface area contributed by atoms with Gasteiger partial charge in [-0.25, -0.2) is 4.79 Å². The third-order valence-electron chi connectivity index (χ3n) is 1.32. The van der Waals surface area contributed by atoms with E-state index in [0.29, 0.717) is 11.5 Å². The highest BCUT2D eigenvalue weighted by atomic mass is 32.1. The lowest BCUT2D eigenvalue weighted by Crippen LogP contribution is -1.83. The minimum absolute atomic E-state index is 0.322. The van der Waals surface area contributed by atoms with Crippen molar-refractivity contribution in [1.29, 1.82) is 0 Å². The second kappa shape index (κ2) is 4.57. The van der Waals surface area contributed by atoms with Crippen molar-refractivity contribution in [2.75, 3.05) is 0 Å². The fraction of sp³-hybridized carbons (Fsp3) is 0.111. The van der Waals surface area contributed by atoms with E-state index in [4.69, 9.17) is 4.42 Å². The molecule has 0 radical (unpaired) electrons. The number of hydrogen-bond acceptors (Lipinski definition) is 4. The van der Waals surface area contributed by atoms with Gasteiger partial charge in [-0.15, -0.1) is 4.37 Å². The highest BCUT2D eigenvalue weighted by molar-refractivity contribution is 7.02. The number of rotatable bonds is 3. The number of allylic oxidation sites excluding steroid dienone is 5. The molecule has 0 fully saturated rings. The van der Waals surface area contributed by atoms with Gasteiger partial charge in [-0.3, -0.25) is 0 Å². The first-order valence-corrected chi connectivity index (χ1v) is 4.48. The Balaban J connectivity index is 3.03. The first-order chi connectivity index (χ1) is 6.27. The van der Waals surface area contributed by atoms with Gasteiger partial charge in [0.05, 0.1) is 11.5 Å². The van der Waals surface area contributed by atoms with Crippen LogP contribution in [0.3, 0.4) is 0 Å². The van der Waals surface area contributed by atoms with Crippen LogP contribution < -0.4 is 4.94 Å². The Hall–Kier alpha value is -1.42. The van der Waals surface area contributed by atoms with Crippen molar-refractivity contribution in [3.05, 3.63) is 46.5 Å². The van der Waals surface area contributed by atoms with Crippen LogP contribution in [0.15, 0.2) is 40.1 Å². The summed E-state index contributed by atoms with van der Waals surface area (Å²) in [6.07, 6.45) is 7.08. The van der Waals surface area contributed by atoms with E-state index in [-0.39, 0.29) is 0 Å². The molecule has 0 N–H and O–H groups in total. The summed E-state index contributed by atoms with van der Waals surface area (Å²) in [4.78, 5) is 10.3. The summed E-state index contributed by atoms with van der Waals surface area (Å²) >= 11 is 0.797. The Morgan fingerprint density at radius 3 is 2.92 bits per heavy atom. The molecule has 0 aliphatic rings. The van der Waals surface area contributed by atoms with E-state index < -0.39 is 4.94 Å². The maximum Gasteiger partial charge on any atom is 0.414 e. The van der Waals surface area contributed by atoms with Crippen LogP contribution in [0.1, 0.15) is 12.8 Å². The quantitative estimate of drug-likeness (QED) is 0.695. The van der Waals surface area contributed by atoms with Crippen LogP contribution >= 0.6 is 11.5 Å². The molecule has 13 heavy (non-hydrogen) atoms. The smallest absolute Gasteiger partial charge is 0.394 e. The van der Waals surface area contributed by atoms with Crippen LogP contribution in [0.2, 0.25) is 0 Å². The van der Waals surface area contributed by atoms with E-state index >= 15 is 0 Å². The van der Waals surface area contributed by atoms with Gasteiger partial charge in [-0.1, -0.05) is 24.8 Å². The molecule has 0 saturated carbocycles. The van der Waals surface area contributed by atoms with E-state index in [9.17, 15) is 4.79 Å². The van der Waals surface area contributed by atoms with Crippen LogP contribution in [0.4, 0.5) is 0 Å². The Morgan fingerprint density at radius 1 is 1.69 bits per heavy atom. The van der Waals surface area contributed by atoms with Crippen molar-refractivity contribution in [1.82, 2.24) is 4.37 Å². The summed E-state index contributed by atoms with van der Waals surface area (Å²) < 4.78 is 8.64. The van der Waals surface area contributed by atoms with Gasteiger partial charge in [0.1, 0.15) is 0 Å². The van der Waals surface area contributed by atoms with Crippen molar-refractivity contribution in [2.24, 2.45) is 0 Å². The summed E-state index contributed by atoms with van der Waals surface area (Å²) in [7, 11) is 0. The predicted molar refractivity (Wildman–Crippen MR) is 53.6 cm³/mol. The summed E-state index contributed by atoms with van der Waals surface area (Å²) in [6.45, 7) is 5.50. The molecule has 0 bridgehead atoms. The molecule has 1 rings (SSSR count). The Bertz CT molecular complexity index is 398. The van der Waals surface area contributed by atoms with Gasteiger partial charge in [-0.05, 0) is 13.0 Å². The molecule has 0 aliphatic carbocycles. The maximum atomic E-state index is 10.7. The van der Waals surface area contributed by atoms with Crippen molar-refractivity contribution in [2.45, 2.75) is 6.92 Å². The lowest BCUT2D eigenvalue weighted by Gasteiger charge is -1.89. The molecule has 0 unspecified atom stereocenters. The molecular weight excluding hydrogens is 186 g/mol. The molecule has 0 aromatic carbocycles. The van der Waals surface area contributed by atoms with Crippen molar-refractivity contribution in [3.63, 3.8) is 0 Å². The van der Waals surface area contributed by atoms with E-state index in [2.05, 4.69) is 11.0 Å². The zero-order chi connectivity index (χ0) is 9.68. The van der Waals surface area contributed by atoms with Gasteiger partial charge < -0.3 is 4.42 Å². The zero-order valence-corrected chi connectivity index (χ0v) is 8.00. The third-order valence-corrected chi connectivity index (χ3v) is 1.81. The maximum absolute atomic E-state index is 10.7. The molecule has 4 heteroatoms. The van der Waals surface area contributed by atoms with Gasteiger partial charge >= 0.3 is 4.94 Å². The average molecular weight is 195 g/mol. The average Bonchev–Trinajstić information content (AvgIpc) is 2.54. The molecule has 0 amide bonds. The van der Waals surface area contributed by atoms with Gasteiger partial charge in [0, 0.05) is 5.57 Å². The van der Waals surface area contributed by atoms with Crippen molar-refractivity contribution >= 4 is 17.1 Å². The first kappa shape index (κ1) is 9.67. The molecule has 0 saturated heterocycles. The Labute approximate surface area is 79.9 Å². The topological polar surface area (TPSA) is 43.1 Å². The molecule has 1 aromatic rings. The predicted octanol–water partition coefficient (Wildman–Crippen LogP) is 2.24. The zero-order valence-electron chi connectivity index (χ0n) is 7.19. The number of aromatic nitrogens is 1. The highest BCUT2D eigenvalue weighted by Crippen LogP contribution is 2.11. The van der Waals surface area contributed by atoms with Crippen molar-refractivity contribution < 1.29 is 4.42 Å². The van der Waals surface area contributed by atoms with E-state index in [1.165, 1.54) is 0 Å². The Kier molecular flexibility index (Phi) is 3.40. The summed E-state index contributed by atoms with van der Waals surface area (Å²) in [5.41, 5.74) is 0.705. The second-order valence-corrected chi connectivity index (χ2v) is 2.89. The highest BCUT2D eigenvalue weighted by Gasteiger charge is 2.03. The fourth-order valence-electron chi connectivity index (χ4n) is 0.733. The SMILES string of the molecule is C=C/C(=C\C=C/C)c1nsc(=O)o1. The summed E-state index contributed by atoms with van der Waals surface area (Å²) in [5.74, 6) is 0.322. The van der Waals surface area contributed by atoms with E-state index in [0.717, 1.165) is 11.5 Å². The van der Waals surface area contributed by atoms with Gasteiger partial charge in [0.2, 0.25) is 5.89 Å². The van der Waals surface area contributed by atoms with E-state index in [1.807, 2.05) is 19.1 Å². The first-order valence-electron chi connectivity index (χ1n) is 3.70. The molecule has 0 atom stereocenters. The normalized spacial score (nSPS) is 12.2. The minimum atomic E-state index is -0.400. The van der Waals surface area contributed by atoms with Crippen molar-refractivity contribution in [3.8, 4) is 0 Å². The van der Waals surface area contributed by atoms with Crippen LogP contribution in [0.5, 0.6) is 0 Å². The number of nitrogens with zero attached hydrogens (tertiary/aromatic N) is 1. The standard InChI is InChI=1S/C9H9NO2S/c1-3-5-6-7(4-2)8-10-13-9(11)12-8/h3-6H,2H2,1H3/b5-3-,7-6+. The summed E-state index contributed by atoms with van der Waals surface area (Å²) in [6, 6.07) is 0. The molecule has 3 nitrogen and oxygen atoms in total. The molecule has 1 heterocycles. The molecule has 1 aromatic heterocycles. The largest absolute Gasteiger partial charge is 0.414 e. The third kappa shape index (κ3) is 2.52. The van der Waals surface area contributed by atoms with Crippen LogP contribution in [0.25, 0.3) is 5.57 Å². The monoisotopic (exact) mass is 195 g/mol. The number of hydrogen-bond donors (Lipinski definition) is 0. The minimum Gasteiger partial charge on any atom is -0.394 e. The lowest BCUT2D eigenvalue weighted by atomic mass is 10.2. The van der Waals surface area contributed by atoms with E-state index in [1.54, 1.807) is 12.2 Å². The summed E-state index contributed by atoms with van der Waals surface area (Å²) in [5, 5.41) is 0. The Morgan fingerprint density at radius 2 is 2.46 bits per heavy atom. The van der Waals surface area contributed by atoms with Crippen LogP contribution in [0, 0.1) is 0 Å². The van der Waals surface area contributed by atoms with Crippen LogP contribution in [-0.4, -0.2) is 4.37 Å². The molecule has 68 valence electrons. The molecule has 0 spiro atoms. The lowest BCUT2D eigenvalue weighted by molar-refractivity contribution is 0.513. The van der Waals surface area contributed by atoms with Gasteiger partial charge in [-0.2, -0.15) is 0 Å². The van der Waals surface area contributed by atoms with Crippen LogP contribution in [-0.2, 0) is 0 Å².